The maximum Gasteiger partial charge on any atom is 0.407 e. The second kappa shape index (κ2) is 7.89. The van der Waals surface area contributed by atoms with Crippen LogP contribution in [-0.4, -0.2) is 38.4 Å². The first-order valence-electron chi connectivity index (χ1n) is 8.05. The van der Waals surface area contributed by atoms with Crippen LogP contribution in [0.15, 0.2) is 28.7 Å². The third-order valence-corrected chi connectivity index (χ3v) is 5.83. The number of ketones is 1. The Bertz CT molecular complexity index is 844. The molecule has 1 aliphatic carbocycles. The van der Waals surface area contributed by atoms with Crippen LogP contribution in [0.2, 0.25) is 0 Å². The lowest BCUT2D eigenvalue weighted by atomic mass is 9.96. The van der Waals surface area contributed by atoms with E-state index in [2.05, 4.69) is 21.2 Å². The number of benzene rings is 1. The number of alkyl halides is 3. The van der Waals surface area contributed by atoms with Gasteiger partial charge in [0.05, 0.1) is 23.3 Å². The molecule has 148 valence electrons. The van der Waals surface area contributed by atoms with Gasteiger partial charge in [-0.15, -0.1) is 0 Å². The van der Waals surface area contributed by atoms with Gasteiger partial charge in [0.15, 0.2) is 5.78 Å². The van der Waals surface area contributed by atoms with Crippen molar-refractivity contribution < 1.29 is 26.4 Å². The van der Waals surface area contributed by atoms with Crippen molar-refractivity contribution in [3.05, 3.63) is 34.3 Å². The van der Waals surface area contributed by atoms with Gasteiger partial charge in [-0.1, -0.05) is 28.1 Å². The maximum atomic E-state index is 13.6. The Kier molecular flexibility index (Phi) is 6.39. The van der Waals surface area contributed by atoms with Crippen molar-refractivity contribution in [1.29, 1.82) is 5.26 Å². The van der Waals surface area contributed by atoms with E-state index >= 15 is 0 Å². The number of carbonyl (C=O) groups excluding carboxylic acids is 1. The zero-order valence-electron chi connectivity index (χ0n) is 14.4. The fourth-order valence-electron chi connectivity index (χ4n) is 2.71. The van der Waals surface area contributed by atoms with E-state index in [1.54, 1.807) is 0 Å². The quantitative estimate of drug-likeness (QED) is 0.634. The number of sulfone groups is 1. The molecule has 1 aromatic rings. The van der Waals surface area contributed by atoms with Gasteiger partial charge in [0.25, 0.3) is 0 Å². The summed E-state index contributed by atoms with van der Waals surface area (Å²) in [6.45, 7) is 0. The Morgan fingerprint density at radius 3 is 2.30 bits per heavy atom. The maximum absolute atomic E-state index is 13.6. The molecule has 1 aromatic carbocycles. The van der Waals surface area contributed by atoms with Crippen LogP contribution in [-0.2, 0) is 14.6 Å². The van der Waals surface area contributed by atoms with Gasteiger partial charge in [0.2, 0.25) is 0 Å². The van der Waals surface area contributed by atoms with Crippen LogP contribution in [0, 0.1) is 16.7 Å². The summed E-state index contributed by atoms with van der Waals surface area (Å²) >= 11 is 3.14. The molecule has 27 heavy (non-hydrogen) atoms. The van der Waals surface area contributed by atoms with Crippen LogP contribution < -0.4 is 5.32 Å². The van der Waals surface area contributed by atoms with Crippen molar-refractivity contribution in [3.8, 4) is 6.07 Å². The number of rotatable bonds is 8. The average Bonchev–Trinajstić information content (AvgIpc) is 3.30. The van der Waals surface area contributed by atoms with Crippen molar-refractivity contribution in [2.24, 2.45) is 5.41 Å². The second-order valence-electron chi connectivity index (χ2n) is 6.87. The molecule has 1 saturated carbocycles. The molecule has 1 aliphatic rings. The molecule has 0 amide bonds. The third-order valence-electron chi connectivity index (χ3n) is 4.36. The Balaban J connectivity index is 2.30. The predicted molar refractivity (Wildman–Crippen MR) is 96.5 cm³/mol. The molecule has 0 bridgehead atoms. The molecule has 2 atom stereocenters. The summed E-state index contributed by atoms with van der Waals surface area (Å²) in [5.74, 6) is -1.47. The van der Waals surface area contributed by atoms with E-state index in [9.17, 15) is 26.4 Å². The zero-order chi connectivity index (χ0) is 20.5. The number of nitriles is 1. The zero-order valence-corrected chi connectivity index (χ0v) is 16.8. The van der Waals surface area contributed by atoms with Gasteiger partial charge in [-0.2, -0.15) is 18.4 Å². The van der Waals surface area contributed by atoms with Crippen LogP contribution in [0.3, 0.4) is 0 Å². The lowest BCUT2D eigenvalue weighted by molar-refractivity contribution is -0.160. The highest BCUT2D eigenvalue weighted by Gasteiger charge is 2.48. The topological polar surface area (TPSA) is 87.0 Å². The Labute approximate surface area is 164 Å². The summed E-state index contributed by atoms with van der Waals surface area (Å²) in [5, 5.41) is 11.3. The van der Waals surface area contributed by atoms with Gasteiger partial charge in [0, 0.05) is 17.1 Å². The van der Waals surface area contributed by atoms with Crippen molar-refractivity contribution in [2.75, 3.05) is 12.0 Å². The van der Waals surface area contributed by atoms with Crippen molar-refractivity contribution in [2.45, 2.75) is 37.5 Å². The lowest BCUT2D eigenvalue weighted by Gasteiger charge is -2.27. The van der Waals surface area contributed by atoms with Crippen molar-refractivity contribution in [3.63, 3.8) is 0 Å². The van der Waals surface area contributed by atoms with Gasteiger partial charge in [-0.25, -0.2) is 8.42 Å². The minimum Gasteiger partial charge on any atom is -0.298 e. The molecule has 0 aliphatic heterocycles. The fourth-order valence-corrected chi connectivity index (χ4v) is 3.86. The highest BCUT2D eigenvalue weighted by Crippen LogP contribution is 2.48. The monoisotopic (exact) mass is 466 g/mol. The Morgan fingerprint density at radius 2 is 1.89 bits per heavy atom. The first-order valence-corrected chi connectivity index (χ1v) is 10.9. The van der Waals surface area contributed by atoms with E-state index < -0.39 is 45.0 Å². The molecule has 5 nitrogen and oxygen atoms in total. The lowest BCUT2D eigenvalue weighted by Crippen LogP contribution is -2.48. The molecule has 0 unspecified atom stereocenters. The molecule has 1 fully saturated rings. The molecule has 0 spiro atoms. The third kappa shape index (κ3) is 6.30. The Morgan fingerprint density at radius 1 is 1.33 bits per heavy atom. The number of nitrogens with zero attached hydrogens (tertiary/aromatic N) is 1. The van der Waals surface area contributed by atoms with Gasteiger partial charge in [-0.3, -0.25) is 10.1 Å². The molecule has 10 heteroatoms. The fraction of sp³-hybridized carbons (Fsp3) is 0.529. The molecular weight excluding hydrogens is 449 g/mol. The number of halogens is 4. The number of hydrogen-bond acceptors (Lipinski definition) is 5. The number of nitrogens with one attached hydrogen (secondary N) is 1. The van der Waals surface area contributed by atoms with Crippen molar-refractivity contribution >= 4 is 31.6 Å². The van der Waals surface area contributed by atoms with E-state index in [1.807, 2.05) is 6.07 Å². The van der Waals surface area contributed by atoms with E-state index in [-0.39, 0.29) is 12.0 Å². The van der Waals surface area contributed by atoms with Crippen LogP contribution in [0.1, 0.15) is 30.9 Å². The van der Waals surface area contributed by atoms with Crippen LogP contribution in [0.4, 0.5) is 13.2 Å². The highest BCUT2D eigenvalue weighted by atomic mass is 79.9. The summed E-state index contributed by atoms with van der Waals surface area (Å²) in [4.78, 5) is 12.5. The minimum atomic E-state index is -4.74. The van der Waals surface area contributed by atoms with E-state index in [0.29, 0.717) is 17.3 Å². The van der Waals surface area contributed by atoms with Gasteiger partial charge >= 0.3 is 6.18 Å². The predicted octanol–water partition coefficient (Wildman–Crippen LogP) is 3.32. The number of hydrogen-bond donors (Lipinski definition) is 1. The summed E-state index contributed by atoms with van der Waals surface area (Å²) in [6.07, 6.45) is -3.18. The molecule has 0 heterocycles. The van der Waals surface area contributed by atoms with Crippen molar-refractivity contribution in [1.82, 2.24) is 5.32 Å². The average molecular weight is 467 g/mol. The molecule has 1 N–H and O–H groups in total. The smallest absolute Gasteiger partial charge is 0.298 e. The number of carbonyl (C=O) groups is 1. The van der Waals surface area contributed by atoms with Gasteiger partial charge in [0.1, 0.15) is 15.9 Å². The molecule has 0 aromatic heterocycles. The van der Waals surface area contributed by atoms with Gasteiger partial charge < -0.3 is 0 Å². The first kappa shape index (κ1) is 21.9. The highest BCUT2D eigenvalue weighted by molar-refractivity contribution is 9.10. The van der Waals surface area contributed by atoms with E-state index in [0.717, 1.165) is 6.26 Å². The summed E-state index contributed by atoms with van der Waals surface area (Å²) < 4.78 is 64.7. The SMILES string of the molecule is CS(=O)(=O)C[C@H](N[C@@H](c1ccc(Br)cc1)C(F)(F)F)C(=O)CC1(C#N)CC1. The van der Waals surface area contributed by atoms with Crippen LogP contribution in [0.25, 0.3) is 0 Å². The molecular formula is C17H18BrF3N2O3S. The van der Waals surface area contributed by atoms with E-state index in [4.69, 9.17) is 5.26 Å². The second-order valence-corrected chi connectivity index (χ2v) is 9.97. The molecule has 0 radical (unpaired) electrons. The standard InChI is InChI=1S/C17H18BrF3N2O3S/c1-27(25,26)9-13(14(24)8-16(10-22)6-7-16)23-15(17(19,20)21)11-2-4-12(18)5-3-11/h2-5,13,15,23H,6-9H2,1H3/t13-,15-/m0/s1. The molecule has 2 rings (SSSR count). The van der Waals surface area contributed by atoms with Crippen LogP contribution in [0.5, 0.6) is 0 Å². The normalized spacial score (nSPS) is 18.4. The summed E-state index contributed by atoms with van der Waals surface area (Å²) in [7, 11) is -3.73. The first-order chi connectivity index (χ1) is 12.4. The summed E-state index contributed by atoms with van der Waals surface area (Å²) in [6, 6.07) is 3.58. The van der Waals surface area contributed by atoms with Crippen LogP contribution >= 0.6 is 15.9 Å². The minimum absolute atomic E-state index is 0.140. The largest absolute Gasteiger partial charge is 0.407 e. The van der Waals surface area contributed by atoms with E-state index in [1.165, 1.54) is 24.3 Å². The molecule has 0 saturated heterocycles. The Hall–Kier alpha value is -1.44. The summed E-state index contributed by atoms with van der Waals surface area (Å²) in [5.41, 5.74) is -1.02. The number of Topliss-reactive ketones (excluding diaryl/α,β-unsaturated/α-hetero) is 1. The van der Waals surface area contributed by atoms with Gasteiger partial charge in [-0.05, 0) is 30.5 Å².